The summed E-state index contributed by atoms with van der Waals surface area (Å²) in [4.78, 5) is 8.92. The third-order valence-electron chi connectivity index (χ3n) is 4.83. The monoisotopic (exact) mass is 467 g/mol. The molecule has 2 aliphatic heterocycles. The number of nitrogens with one attached hydrogen (secondary N) is 1. The Kier molecular flexibility index (Phi) is 6.73. The van der Waals surface area contributed by atoms with Crippen molar-refractivity contribution in [1.82, 2.24) is 15.1 Å². The first-order valence-electron chi connectivity index (χ1n) is 8.33. The molecule has 2 unspecified atom stereocenters. The second-order valence-corrected chi connectivity index (χ2v) is 9.15. The van der Waals surface area contributed by atoms with Gasteiger partial charge in [0.1, 0.15) is 6.04 Å². The predicted molar refractivity (Wildman–Crippen MR) is 104 cm³/mol. The first-order chi connectivity index (χ1) is 11.0. The van der Waals surface area contributed by atoms with Crippen LogP contribution in [0.4, 0.5) is 0 Å². The summed E-state index contributed by atoms with van der Waals surface area (Å²) < 4.78 is 23.2. The normalized spacial score (nSPS) is 30.5. The Morgan fingerprint density at radius 2 is 2.08 bits per heavy atom. The van der Waals surface area contributed by atoms with Crippen molar-refractivity contribution in [1.29, 1.82) is 5.26 Å². The standard InChI is InChI=1S/C15H25N5O2S.HI/c1-19-5-6-20(10-14(19)8-16)15(18-13-2-3-13)17-9-12-4-7-23(21,22)11-12;/h12-14H,2-7,9-11H2,1H3,(H,17,18);1H. The van der Waals surface area contributed by atoms with Gasteiger partial charge < -0.3 is 10.2 Å². The highest BCUT2D eigenvalue weighted by atomic mass is 127. The molecule has 3 fully saturated rings. The summed E-state index contributed by atoms with van der Waals surface area (Å²) in [5.41, 5.74) is 0. The Balaban J connectivity index is 0.00000208. The number of sulfone groups is 1. The van der Waals surface area contributed by atoms with Gasteiger partial charge in [0.25, 0.3) is 0 Å². The van der Waals surface area contributed by atoms with E-state index in [2.05, 4.69) is 21.2 Å². The average Bonchev–Trinajstić information content (AvgIpc) is 3.26. The van der Waals surface area contributed by atoms with Gasteiger partial charge in [0.05, 0.1) is 17.6 Å². The number of likely N-dealkylation sites (N-methyl/N-ethyl adjacent to an activating group) is 1. The van der Waals surface area contributed by atoms with Crippen LogP contribution in [-0.4, -0.2) is 81.0 Å². The fourth-order valence-corrected chi connectivity index (χ4v) is 4.93. The third-order valence-corrected chi connectivity index (χ3v) is 6.67. The largest absolute Gasteiger partial charge is 0.354 e. The Bertz CT molecular complexity index is 614. The van der Waals surface area contributed by atoms with E-state index >= 15 is 0 Å². The van der Waals surface area contributed by atoms with Crippen LogP contribution in [0, 0.1) is 17.2 Å². The Morgan fingerprint density at radius 3 is 2.67 bits per heavy atom. The van der Waals surface area contributed by atoms with Gasteiger partial charge >= 0.3 is 0 Å². The van der Waals surface area contributed by atoms with Crippen molar-refractivity contribution in [2.45, 2.75) is 31.3 Å². The number of nitriles is 1. The number of halogens is 1. The molecule has 3 aliphatic rings. The number of hydrogen-bond donors (Lipinski definition) is 1. The van der Waals surface area contributed by atoms with Crippen LogP contribution in [0.2, 0.25) is 0 Å². The molecule has 2 saturated heterocycles. The Morgan fingerprint density at radius 1 is 1.33 bits per heavy atom. The van der Waals surface area contributed by atoms with Gasteiger partial charge in [0.15, 0.2) is 15.8 Å². The molecule has 0 aromatic carbocycles. The molecule has 0 bridgehead atoms. The third kappa shape index (κ3) is 5.20. The van der Waals surface area contributed by atoms with E-state index in [9.17, 15) is 13.7 Å². The molecule has 1 N–H and O–H groups in total. The fraction of sp³-hybridized carbons (Fsp3) is 0.867. The van der Waals surface area contributed by atoms with Crippen molar-refractivity contribution in [2.24, 2.45) is 10.9 Å². The van der Waals surface area contributed by atoms with E-state index in [1.54, 1.807) is 0 Å². The van der Waals surface area contributed by atoms with Crippen LogP contribution in [0.1, 0.15) is 19.3 Å². The summed E-state index contributed by atoms with van der Waals surface area (Å²) in [6.45, 7) is 2.88. The van der Waals surface area contributed by atoms with Crippen molar-refractivity contribution in [3.8, 4) is 6.07 Å². The first-order valence-corrected chi connectivity index (χ1v) is 10.2. The fourth-order valence-electron chi connectivity index (χ4n) is 3.08. The van der Waals surface area contributed by atoms with Gasteiger partial charge in [0, 0.05) is 32.2 Å². The summed E-state index contributed by atoms with van der Waals surface area (Å²) in [7, 11) is -0.880. The highest BCUT2D eigenvalue weighted by Gasteiger charge is 2.31. The predicted octanol–water partition coefficient (Wildman–Crippen LogP) is 0.287. The minimum absolute atomic E-state index is 0. The molecule has 136 valence electrons. The van der Waals surface area contributed by atoms with Crippen LogP contribution in [0.5, 0.6) is 0 Å². The van der Waals surface area contributed by atoms with Crippen LogP contribution in [-0.2, 0) is 9.84 Å². The van der Waals surface area contributed by atoms with Crippen LogP contribution < -0.4 is 5.32 Å². The molecule has 3 rings (SSSR count). The summed E-state index contributed by atoms with van der Waals surface area (Å²) in [5, 5.41) is 12.7. The average molecular weight is 467 g/mol. The van der Waals surface area contributed by atoms with E-state index in [4.69, 9.17) is 4.99 Å². The summed E-state index contributed by atoms with van der Waals surface area (Å²) in [6, 6.07) is 2.70. The molecule has 2 heterocycles. The second kappa shape index (κ2) is 8.19. The van der Waals surface area contributed by atoms with Gasteiger partial charge in [-0.05, 0) is 32.2 Å². The molecule has 0 spiro atoms. The zero-order chi connectivity index (χ0) is 16.4. The molecule has 9 heteroatoms. The van der Waals surface area contributed by atoms with Crippen LogP contribution in [0.25, 0.3) is 0 Å². The molecule has 1 saturated carbocycles. The molecular weight excluding hydrogens is 441 g/mol. The molecule has 1 aliphatic carbocycles. The minimum atomic E-state index is -2.85. The number of piperazine rings is 1. The first kappa shape index (κ1) is 19.7. The zero-order valence-corrected chi connectivity index (χ0v) is 17.2. The molecule has 0 radical (unpaired) electrons. The Hall–Kier alpha value is -0.600. The minimum Gasteiger partial charge on any atom is -0.354 e. The molecule has 24 heavy (non-hydrogen) atoms. The van der Waals surface area contributed by atoms with E-state index in [1.165, 1.54) is 0 Å². The van der Waals surface area contributed by atoms with E-state index < -0.39 is 9.84 Å². The molecule has 0 aromatic heterocycles. The molecule has 0 amide bonds. The van der Waals surface area contributed by atoms with Crippen LogP contribution in [0.15, 0.2) is 4.99 Å². The summed E-state index contributed by atoms with van der Waals surface area (Å²) in [5.74, 6) is 1.54. The molecular formula is C15H26IN5O2S. The molecule has 0 aromatic rings. The van der Waals surface area contributed by atoms with Crippen LogP contribution >= 0.6 is 24.0 Å². The zero-order valence-electron chi connectivity index (χ0n) is 14.0. The number of aliphatic imine (C=N–C) groups is 1. The second-order valence-electron chi connectivity index (χ2n) is 6.92. The quantitative estimate of drug-likeness (QED) is 0.365. The maximum absolute atomic E-state index is 11.6. The lowest BCUT2D eigenvalue weighted by atomic mass is 10.1. The van der Waals surface area contributed by atoms with Gasteiger partial charge in [-0.25, -0.2) is 8.42 Å². The molecule has 7 nitrogen and oxygen atoms in total. The van der Waals surface area contributed by atoms with Gasteiger partial charge in [-0.3, -0.25) is 9.89 Å². The lowest BCUT2D eigenvalue weighted by Crippen LogP contribution is -2.56. The number of hydrogen-bond acceptors (Lipinski definition) is 5. The van der Waals surface area contributed by atoms with E-state index in [0.29, 0.717) is 31.3 Å². The van der Waals surface area contributed by atoms with Gasteiger partial charge in [-0.15, -0.1) is 24.0 Å². The lowest BCUT2D eigenvalue weighted by Gasteiger charge is -2.38. The van der Waals surface area contributed by atoms with Gasteiger partial charge in [-0.1, -0.05) is 0 Å². The van der Waals surface area contributed by atoms with E-state index in [0.717, 1.165) is 31.9 Å². The Labute approximate surface area is 161 Å². The SMILES string of the molecule is CN1CCN(C(=NCC2CCS(=O)(=O)C2)NC2CC2)CC1C#N.I. The summed E-state index contributed by atoms with van der Waals surface area (Å²) in [6.07, 6.45) is 3.03. The van der Waals surface area contributed by atoms with Gasteiger partial charge in [-0.2, -0.15) is 5.26 Å². The van der Waals surface area contributed by atoms with Crippen molar-refractivity contribution in [3.63, 3.8) is 0 Å². The van der Waals surface area contributed by atoms with Crippen molar-refractivity contribution in [2.75, 3.05) is 44.7 Å². The smallest absolute Gasteiger partial charge is 0.194 e. The maximum atomic E-state index is 11.6. The van der Waals surface area contributed by atoms with Gasteiger partial charge in [0.2, 0.25) is 0 Å². The number of rotatable bonds is 3. The lowest BCUT2D eigenvalue weighted by molar-refractivity contribution is 0.171. The van der Waals surface area contributed by atoms with Crippen LogP contribution in [0.3, 0.4) is 0 Å². The highest BCUT2D eigenvalue weighted by Crippen LogP contribution is 2.21. The molecule has 2 atom stereocenters. The maximum Gasteiger partial charge on any atom is 0.194 e. The van der Waals surface area contributed by atoms with Crippen molar-refractivity contribution >= 4 is 39.8 Å². The highest BCUT2D eigenvalue weighted by molar-refractivity contribution is 14.0. The topological polar surface area (TPSA) is 88.8 Å². The number of guanidine groups is 1. The summed E-state index contributed by atoms with van der Waals surface area (Å²) >= 11 is 0. The van der Waals surface area contributed by atoms with E-state index in [1.807, 2.05) is 7.05 Å². The van der Waals surface area contributed by atoms with Crippen molar-refractivity contribution < 1.29 is 8.42 Å². The van der Waals surface area contributed by atoms with E-state index in [-0.39, 0.29) is 41.7 Å². The number of nitrogens with zero attached hydrogens (tertiary/aromatic N) is 4. The van der Waals surface area contributed by atoms with Crippen molar-refractivity contribution in [3.05, 3.63) is 0 Å².